The van der Waals surface area contributed by atoms with Crippen LogP contribution in [0, 0.1) is 10.1 Å². The Bertz CT molecular complexity index is 513. The third kappa shape index (κ3) is 4.03. The third-order valence-corrected chi connectivity index (χ3v) is 2.69. The zero-order valence-electron chi connectivity index (χ0n) is 9.56. The molecule has 0 bridgehead atoms. The molecule has 0 amide bonds. The predicted octanol–water partition coefficient (Wildman–Crippen LogP) is 3.25. The number of hydrogen-bond donors (Lipinski definition) is 0. The monoisotopic (exact) mass is 355 g/mol. The van der Waals surface area contributed by atoms with E-state index in [1.54, 1.807) is 0 Å². The highest BCUT2D eigenvalue weighted by Crippen LogP contribution is 2.38. The molecular formula is C10H8BrClFNO5. The van der Waals surface area contributed by atoms with Gasteiger partial charge in [0.25, 0.3) is 0 Å². The second-order valence-corrected chi connectivity index (χ2v) is 4.47. The van der Waals surface area contributed by atoms with Gasteiger partial charge in [-0.05, 0) is 28.9 Å². The van der Waals surface area contributed by atoms with Crippen molar-refractivity contribution in [3.63, 3.8) is 0 Å². The normalized spacial score (nSPS) is 11.8. The van der Waals surface area contributed by atoms with Crippen molar-refractivity contribution in [2.45, 2.75) is 13.3 Å². The Morgan fingerprint density at radius 3 is 2.79 bits per heavy atom. The molecule has 1 rings (SSSR count). The van der Waals surface area contributed by atoms with E-state index in [0.29, 0.717) is 0 Å². The van der Waals surface area contributed by atoms with Gasteiger partial charge in [0.1, 0.15) is 0 Å². The lowest BCUT2D eigenvalue weighted by Gasteiger charge is -2.12. The molecule has 1 atom stereocenters. The number of nitro groups is 1. The van der Waals surface area contributed by atoms with Crippen LogP contribution < -0.4 is 4.74 Å². The summed E-state index contributed by atoms with van der Waals surface area (Å²) < 4.78 is 22.5. The molecule has 0 aromatic heterocycles. The summed E-state index contributed by atoms with van der Waals surface area (Å²) in [5, 5.41) is 10.9. The first-order valence-corrected chi connectivity index (χ1v) is 6.14. The van der Waals surface area contributed by atoms with Crippen molar-refractivity contribution in [3.8, 4) is 5.75 Å². The fourth-order valence-corrected chi connectivity index (χ4v) is 2.05. The minimum absolute atomic E-state index is 0.0352. The van der Waals surface area contributed by atoms with Crippen LogP contribution in [0.2, 0.25) is 5.02 Å². The molecule has 0 aliphatic carbocycles. The summed E-state index contributed by atoms with van der Waals surface area (Å²) in [6.07, 6.45) is -2.46. The number of carbonyl (C=O) groups is 1. The molecule has 19 heavy (non-hydrogen) atoms. The van der Waals surface area contributed by atoms with E-state index in [1.807, 2.05) is 0 Å². The summed E-state index contributed by atoms with van der Waals surface area (Å²) in [6.45, 7) is 1.46. The van der Waals surface area contributed by atoms with E-state index < -0.39 is 28.7 Å². The van der Waals surface area contributed by atoms with Gasteiger partial charge in [0.05, 0.1) is 16.0 Å². The minimum Gasteiger partial charge on any atom is -0.461 e. The number of nitro benzene ring substituents is 1. The van der Waals surface area contributed by atoms with Crippen LogP contribution in [0.4, 0.5) is 10.1 Å². The van der Waals surface area contributed by atoms with Crippen LogP contribution >= 0.6 is 27.5 Å². The van der Waals surface area contributed by atoms with Crippen LogP contribution in [-0.4, -0.2) is 23.9 Å². The van der Waals surface area contributed by atoms with Gasteiger partial charge in [-0.2, -0.15) is 4.39 Å². The number of esters is 1. The van der Waals surface area contributed by atoms with Gasteiger partial charge >= 0.3 is 18.0 Å². The van der Waals surface area contributed by atoms with E-state index >= 15 is 0 Å². The van der Waals surface area contributed by atoms with Crippen LogP contribution in [0.1, 0.15) is 6.92 Å². The fraction of sp³-hybridized carbons (Fsp3) is 0.300. The summed E-state index contributed by atoms with van der Waals surface area (Å²) in [4.78, 5) is 21.1. The highest BCUT2D eigenvalue weighted by Gasteiger charge is 2.27. The second-order valence-electron chi connectivity index (χ2n) is 3.18. The van der Waals surface area contributed by atoms with E-state index in [4.69, 9.17) is 11.6 Å². The van der Waals surface area contributed by atoms with Crippen LogP contribution in [0.3, 0.4) is 0 Å². The molecule has 0 aliphatic heterocycles. The van der Waals surface area contributed by atoms with Gasteiger partial charge in [-0.3, -0.25) is 10.1 Å². The third-order valence-electron chi connectivity index (χ3n) is 1.88. The molecular weight excluding hydrogens is 348 g/mol. The lowest BCUT2D eigenvalue weighted by molar-refractivity contribution is -0.386. The quantitative estimate of drug-likeness (QED) is 0.460. The number of hydrogen-bond acceptors (Lipinski definition) is 5. The molecule has 0 fully saturated rings. The Kier molecular flexibility index (Phi) is 5.49. The molecule has 104 valence electrons. The molecule has 0 spiro atoms. The van der Waals surface area contributed by atoms with Crippen LogP contribution in [0.15, 0.2) is 16.6 Å². The van der Waals surface area contributed by atoms with Crippen molar-refractivity contribution in [3.05, 3.63) is 31.7 Å². The van der Waals surface area contributed by atoms with Crippen molar-refractivity contribution in [1.82, 2.24) is 0 Å². The number of ether oxygens (including phenoxy) is 2. The van der Waals surface area contributed by atoms with Crippen molar-refractivity contribution < 1.29 is 23.6 Å². The first-order chi connectivity index (χ1) is 8.86. The standard InChI is InChI=1S/C10H8BrClFNO5/c1-2-18-10(15)9(13)19-8-6(11)3-5(12)4-7(8)14(16)17/h3-4,9H,2H2,1H3. The largest absolute Gasteiger partial charge is 0.461 e. The summed E-state index contributed by atoms with van der Waals surface area (Å²) in [6, 6.07) is 2.27. The second kappa shape index (κ2) is 6.67. The Hall–Kier alpha value is -1.41. The van der Waals surface area contributed by atoms with Crippen molar-refractivity contribution in [1.29, 1.82) is 0 Å². The number of nitrogens with zero attached hydrogens (tertiary/aromatic N) is 1. The zero-order valence-corrected chi connectivity index (χ0v) is 11.9. The number of rotatable bonds is 5. The Labute approximate surface area is 120 Å². The summed E-state index contributed by atoms with van der Waals surface area (Å²) in [7, 11) is 0. The molecule has 1 aromatic carbocycles. The van der Waals surface area contributed by atoms with Gasteiger partial charge in [-0.15, -0.1) is 0 Å². The van der Waals surface area contributed by atoms with E-state index in [9.17, 15) is 19.3 Å². The van der Waals surface area contributed by atoms with E-state index in [-0.39, 0.29) is 16.1 Å². The zero-order chi connectivity index (χ0) is 14.6. The predicted molar refractivity (Wildman–Crippen MR) is 68.0 cm³/mol. The lowest BCUT2D eigenvalue weighted by atomic mass is 10.3. The molecule has 9 heteroatoms. The lowest BCUT2D eigenvalue weighted by Crippen LogP contribution is -2.25. The van der Waals surface area contributed by atoms with E-state index in [1.165, 1.54) is 13.0 Å². The SMILES string of the molecule is CCOC(=O)C(F)Oc1c(Br)cc(Cl)cc1[N+](=O)[O-]. The molecule has 0 heterocycles. The smallest absolute Gasteiger partial charge is 0.381 e. The number of alkyl halides is 1. The molecule has 0 N–H and O–H groups in total. The molecule has 0 radical (unpaired) electrons. The van der Waals surface area contributed by atoms with Gasteiger partial charge < -0.3 is 9.47 Å². The molecule has 6 nitrogen and oxygen atoms in total. The number of carbonyl (C=O) groups excluding carboxylic acids is 1. The summed E-state index contributed by atoms with van der Waals surface area (Å²) in [5.74, 6) is -1.70. The van der Waals surface area contributed by atoms with Gasteiger partial charge in [0.2, 0.25) is 5.75 Å². The van der Waals surface area contributed by atoms with Gasteiger partial charge in [-0.1, -0.05) is 11.6 Å². The topological polar surface area (TPSA) is 78.7 Å². The average Bonchev–Trinajstić information content (AvgIpc) is 2.32. The maximum atomic E-state index is 13.4. The molecule has 0 saturated heterocycles. The van der Waals surface area contributed by atoms with Crippen molar-refractivity contribution in [2.75, 3.05) is 6.61 Å². The number of benzene rings is 1. The maximum absolute atomic E-state index is 13.4. The molecule has 0 aliphatic rings. The van der Waals surface area contributed by atoms with Crippen LogP contribution in [0.25, 0.3) is 0 Å². The number of halogens is 3. The first-order valence-electron chi connectivity index (χ1n) is 4.97. The summed E-state index contributed by atoms with van der Waals surface area (Å²) >= 11 is 8.59. The fourth-order valence-electron chi connectivity index (χ4n) is 1.16. The highest BCUT2D eigenvalue weighted by molar-refractivity contribution is 9.10. The van der Waals surface area contributed by atoms with E-state index in [0.717, 1.165) is 6.07 Å². The Morgan fingerprint density at radius 1 is 1.63 bits per heavy atom. The van der Waals surface area contributed by atoms with Gasteiger partial charge in [0, 0.05) is 11.1 Å². The van der Waals surface area contributed by atoms with Gasteiger partial charge in [-0.25, -0.2) is 4.79 Å². The van der Waals surface area contributed by atoms with E-state index in [2.05, 4.69) is 25.4 Å². The molecule has 1 aromatic rings. The summed E-state index contributed by atoms with van der Waals surface area (Å²) in [5.41, 5.74) is -0.564. The van der Waals surface area contributed by atoms with Crippen molar-refractivity contribution >= 4 is 39.2 Å². The van der Waals surface area contributed by atoms with Crippen LogP contribution in [-0.2, 0) is 9.53 Å². The first kappa shape index (κ1) is 15.6. The molecule has 1 unspecified atom stereocenters. The highest BCUT2D eigenvalue weighted by atomic mass is 79.9. The minimum atomic E-state index is -2.46. The molecule has 0 saturated carbocycles. The maximum Gasteiger partial charge on any atom is 0.381 e. The van der Waals surface area contributed by atoms with Crippen molar-refractivity contribution in [2.24, 2.45) is 0 Å². The van der Waals surface area contributed by atoms with Crippen LogP contribution in [0.5, 0.6) is 5.75 Å². The van der Waals surface area contributed by atoms with Gasteiger partial charge in [0.15, 0.2) is 0 Å². The average molecular weight is 357 g/mol. The Morgan fingerprint density at radius 2 is 2.26 bits per heavy atom. The Balaban J connectivity index is 3.06.